The Labute approximate surface area is 171 Å². The molecule has 29 heavy (non-hydrogen) atoms. The molecular formula is C20H19F2N5OS. The molecule has 9 heteroatoms. The van der Waals surface area contributed by atoms with E-state index in [1.165, 1.54) is 36.2 Å². The highest BCUT2D eigenvalue weighted by Gasteiger charge is 2.29. The molecule has 1 aliphatic rings. The minimum atomic E-state index is -0.757. The van der Waals surface area contributed by atoms with Gasteiger partial charge in [-0.15, -0.1) is 0 Å². The van der Waals surface area contributed by atoms with Crippen LogP contribution in [0.15, 0.2) is 42.6 Å². The zero-order valence-corrected chi connectivity index (χ0v) is 16.6. The Morgan fingerprint density at radius 3 is 2.48 bits per heavy atom. The highest BCUT2D eigenvalue weighted by Crippen LogP contribution is 2.33. The molecule has 0 saturated heterocycles. The van der Waals surface area contributed by atoms with Gasteiger partial charge in [-0.05, 0) is 30.3 Å². The van der Waals surface area contributed by atoms with Crippen LogP contribution >= 0.6 is 11.9 Å². The summed E-state index contributed by atoms with van der Waals surface area (Å²) in [6, 6.07) is 8.44. The zero-order valence-electron chi connectivity index (χ0n) is 15.8. The summed E-state index contributed by atoms with van der Waals surface area (Å²) in [5.41, 5.74) is 1.46. The quantitative estimate of drug-likeness (QED) is 0.517. The Morgan fingerprint density at radius 1 is 1.07 bits per heavy atom. The average Bonchev–Trinajstić information content (AvgIpc) is 2.70. The molecule has 0 aromatic heterocycles. The van der Waals surface area contributed by atoms with Gasteiger partial charge in [0.25, 0.3) is 5.91 Å². The van der Waals surface area contributed by atoms with Crippen molar-refractivity contribution in [1.82, 2.24) is 4.90 Å². The van der Waals surface area contributed by atoms with Crippen LogP contribution in [0.3, 0.4) is 0 Å². The van der Waals surface area contributed by atoms with Gasteiger partial charge < -0.3 is 14.9 Å². The molecule has 6 nitrogen and oxygen atoms in total. The summed E-state index contributed by atoms with van der Waals surface area (Å²) in [6.45, 7) is 1.99. The zero-order chi connectivity index (χ0) is 21.1. The third-order valence-electron chi connectivity index (χ3n) is 4.22. The summed E-state index contributed by atoms with van der Waals surface area (Å²) < 4.78 is 30.5. The molecule has 1 heterocycles. The first-order chi connectivity index (χ1) is 13.8. The molecule has 0 bridgehead atoms. The lowest BCUT2D eigenvalue weighted by atomic mass is 9.93. The molecule has 3 rings (SSSR count). The number of nitrogens with zero attached hydrogens (tertiary/aromatic N) is 1. The van der Waals surface area contributed by atoms with Crippen molar-refractivity contribution >= 4 is 51.9 Å². The Morgan fingerprint density at radius 2 is 1.79 bits per heavy atom. The fraction of sp³-hybridized carbons (Fsp3) is 0.150. The monoisotopic (exact) mass is 415 g/mol. The van der Waals surface area contributed by atoms with Crippen molar-refractivity contribution in [2.45, 2.75) is 6.92 Å². The van der Waals surface area contributed by atoms with Crippen molar-refractivity contribution in [3.05, 3.63) is 59.8 Å². The number of hydrogen-bond acceptors (Lipinski definition) is 6. The Hall–Kier alpha value is -3.20. The van der Waals surface area contributed by atoms with E-state index >= 15 is 0 Å². The molecular weight excluding hydrogens is 396 g/mol. The van der Waals surface area contributed by atoms with Gasteiger partial charge in [-0.1, -0.05) is 18.9 Å². The Kier molecular flexibility index (Phi) is 5.97. The molecule has 0 atom stereocenters. The lowest BCUT2D eigenvalue weighted by Crippen LogP contribution is -2.38. The van der Waals surface area contributed by atoms with Gasteiger partial charge in [0.15, 0.2) is 0 Å². The number of carbonyl (C=O) groups is 1. The molecule has 0 spiro atoms. The maximum absolute atomic E-state index is 14.1. The van der Waals surface area contributed by atoms with E-state index in [1.807, 2.05) is 6.92 Å². The van der Waals surface area contributed by atoms with Gasteiger partial charge in [0, 0.05) is 47.6 Å². The summed E-state index contributed by atoms with van der Waals surface area (Å²) in [6.07, 6.45) is 1.47. The molecule has 4 N–H and O–H groups in total. The predicted molar refractivity (Wildman–Crippen MR) is 114 cm³/mol. The molecule has 2 aromatic carbocycles. The summed E-state index contributed by atoms with van der Waals surface area (Å²) >= 11 is 1.48. The summed E-state index contributed by atoms with van der Waals surface area (Å²) in [5.74, 6) is -1.19. The van der Waals surface area contributed by atoms with E-state index in [9.17, 15) is 13.6 Å². The number of halogens is 2. The van der Waals surface area contributed by atoms with Crippen LogP contribution in [-0.4, -0.2) is 35.0 Å². The van der Waals surface area contributed by atoms with Gasteiger partial charge in [-0.3, -0.25) is 15.6 Å². The number of benzene rings is 2. The SMILES string of the molecule is CCSNc1ccc(Nc2ccc(F)cc2F)c(C2=CN(C)C(=O)C(=N)C2=N)c1. The summed E-state index contributed by atoms with van der Waals surface area (Å²) in [5, 5.41) is 19.1. The maximum Gasteiger partial charge on any atom is 0.277 e. The van der Waals surface area contributed by atoms with Crippen LogP contribution < -0.4 is 10.0 Å². The van der Waals surface area contributed by atoms with Crippen molar-refractivity contribution in [2.75, 3.05) is 22.8 Å². The number of nitrogens with one attached hydrogen (secondary N) is 4. The van der Waals surface area contributed by atoms with Gasteiger partial charge >= 0.3 is 0 Å². The second kappa shape index (κ2) is 8.44. The molecule has 1 aliphatic heterocycles. The Bertz CT molecular complexity index is 1040. The van der Waals surface area contributed by atoms with Crippen LogP contribution in [0.4, 0.5) is 25.8 Å². The van der Waals surface area contributed by atoms with Crippen LogP contribution in [-0.2, 0) is 4.79 Å². The second-order valence-electron chi connectivity index (χ2n) is 6.25. The number of allylic oxidation sites excluding steroid dienone is 1. The van der Waals surface area contributed by atoms with Crippen LogP contribution in [0, 0.1) is 22.5 Å². The van der Waals surface area contributed by atoms with Gasteiger partial charge in [0.1, 0.15) is 17.3 Å². The number of anilines is 3. The van der Waals surface area contributed by atoms with Crippen molar-refractivity contribution in [3.8, 4) is 0 Å². The van der Waals surface area contributed by atoms with E-state index < -0.39 is 23.3 Å². The minimum absolute atomic E-state index is 0.0683. The molecule has 150 valence electrons. The molecule has 2 aromatic rings. The van der Waals surface area contributed by atoms with Crippen LogP contribution in [0.1, 0.15) is 12.5 Å². The van der Waals surface area contributed by atoms with Crippen LogP contribution in [0.2, 0.25) is 0 Å². The van der Waals surface area contributed by atoms with E-state index in [0.29, 0.717) is 16.8 Å². The molecule has 0 aliphatic carbocycles. The lowest BCUT2D eigenvalue weighted by Gasteiger charge is -2.24. The number of carbonyl (C=O) groups excluding carboxylic acids is 1. The van der Waals surface area contributed by atoms with E-state index in [2.05, 4.69) is 10.0 Å². The average molecular weight is 415 g/mol. The van der Waals surface area contributed by atoms with E-state index in [4.69, 9.17) is 10.8 Å². The highest BCUT2D eigenvalue weighted by atomic mass is 32.2. The van der Waals surface area contributed by atoms with E-state index in [-0.39, 0.29) is 11.4 Å². The van der Waals surface area contributed by atoms with Crippen molar-refractivity contribution in [2.24, 2.45) is 0 Å². The fourth-order valence-electron chi connectivity index (χ4n) is 2.77. The summed E-state index contributed by atoms with van der Waals surface area (Å²) in [7, 11) is 1.51. The predicted octanol–water partition coefficient (Wildman–Crippen LogP) is 4.64. The third kappa shape index (κ3) is 4.29. The van der Waals surface area contributed by atoms with Crippen molar-refractivity contribution in [3.63, 3.8) is 0 Å². The van der Waals surface area contributed by atoms with Gasteiger partial charge in [-0.2, -0.15) is 0 Å². The van der Waals surface area contributed by atoms with E-state index in [1.54, 1.807) is 18.2 Å². The van der Waals surface area contributed by atoms with E-state index in [0.717, 1.165) is 23.6 Å². The highest BCUT2D eigenvalue weighted by molar-refractivity contribution is 8.00. The minimum Gasteiger partial charge on any atom is -0.353 e. The van der Waals surface area contributed by atoms with Gasteiger partial charge in [0.05, 0.1) is 11.4 Å². The Balaban J connectivity index is 2.09. The largest absolute Gasteiger partial charge is 0.353 e. The summed E-state index contributed by atoms with van der Waals surface area (Å²) in [4.78, 5) is 13.2. The molecule has 1 amide bonds. The lowest BCUT2D eigenvalue weighted by molar-refractivity contribution is -0.120. The first-order valence-electron chi connectivity index (χ1n) is 8.73. The smallest absolute Gasteiger partial charge is 0.277 e. The molecule has 0 fully saturated rings. The second-order valence-corrected chi connectivity index (χ2v) is 7.32. The molecule has 0 saturated carbocycles. The number of rotatable bonds is 6. The normalized spacial score (nSPS) is 14.1. The molecule has 0 unspecified atom stereocenters. The first-order valence-corrected chi connectivity index (χ1v) is 9.71. The number of hydrogen-bond donors (Lipinski definition) is 4. The van der Waals surface area contributed by atoms with Crippen LogP contribution in [0.25, 0.3) is 5.57 Å². The standard InChI is InChI=1S/C20H19F2N5OS/c1-3-29-26-12-5-7-16(25-17-6-4-11(21)8-15(17)22)13(9-12)14-10-27(2)20(28)19(24)18(14)23/h4-10,23-26H,3H2,1-2H3. The molecule has 0 radical (unpaired) electrons. The van der Waals surface area contributed by atoms with Crippen LogP contribution in [0.5, 0.6) is 0 Å². The van der Waals surface area contributed by atoms with Gasteiger partial charge in [0.2, 0.25) is 0 Å². The topological polar surface area (TPSA) is 92.1 Å². The maximum atomic E-state index is 14.1. The number of amides is 1. The first kappa shape index (κ1) is 20.5. The third-order valence-corrected chi connectivity index (χ3v) is 4.89. The van der Waals surface area contributed by atoms with Crippen molar-refractivity contribution in [1.29, 1.82) is 10.8 Å². The van der Waals surface area contributed by atoms with Gasteiger partial charge in [-0.25, -0.2) is 8.78 Å². The fourth-order valence-corrected chi connectivity index (χ4v) is 3.21. The van der Waals surface area contributed by atoms with Crippen molar-refractivity contribution < 1.29 is 13.6 Å².